The number of likely N-dealkylation sites (tertiary alicyclic amines) is 1. The molecule has 2 heterocycles. The van der Waals surface area contributed by atoms with Gasteiger partial charge in [-0.25, -0.2) is 0 Å². The lowest BCUT2D eigenvalue weighted by Gasteiger charge is -2.35. The van der Waals surface area contributed by atoms with E-state index >= 15 is 0 Å². The summed E-state index contributed by atoms with van der Waals surface area (Å²) in [5.74, 6) is 0.0855. The van der Waals surface area contributed by atoms with Gasteiger partial charge in [0.1, 0.15) is 5.75 Å². The van der Waals surface area contributed by atoms with E-state index < -0.39 is 0 Å². The molecule has 1 aromatic carbocycles. The van der Waals surface area contributed by atoms with E-state index in [2.05, 4.69) is 36.1 Å². The molecule has 27 heavy (non-hydrogen) atoms. The molecule has 0 aliphatic carbocycles. The molecule has 3 rings (SSSR count). The van der Waals surface area contributed by atoms with Crippen molar-refractivity contribution in [1.29, 1.82) is 0 Å². The Morgan fingerprint density at radius 1 is 1.11 bits per heavy atom. The van der Waals surface area contributed by atoms with Crippen LogP contribution in [0.25, 0.3) is 0 Å². The van der Waals surface area contributed by atoms with Gasteiger partial charge in [0, 0.05) is 19.3 Å². The van der Waals surface area contributed by atoms with Crippen molar-refractivity contribution >= 4 is 0 Å². The third-order valence-corrected chi connectivity index (χ3v) is 5.46. The van der Waals surface area contributed by atoms with E-state index in [9.17, 15) is 9.90 Å². The van der Waals surface area contributed by atoms with Gasteiger partial charge in [0.05, 0.1) is 18.2 Å². The van der Waals surface area contributed by atoms with E-state index in [0.717, 1.165) is 37.2 Å². The number of aryl methyl sites for hydroxylation is 2. The van der Waals surface area contributed by atoms with E-state index in [1.807, 2.05) is 6.92 Å². The van der Waals surface area contributed by atoms with E-state index in [-0.39, 0.29) is 17.4 Å². The van der Waals surface area contributed by atoms with E-state index in [1.165, 1.54) is 12.0 Å². The Morgan fingerprint density at radius 3 is 2.41 bits per heavy atom. The van der Waals surface area contributed by atoms with Crippen molar-refractivity contribution < 1.29 is 9.84 Å². The topological polar surface area (TPSA) is 54.7 Å². The number of aromatic hydroxyl groups is 1. The van der Waals surface area contributed by atoms with E-state index in [4.69, 9.17) is 4.74 Å². The zero-order valence-electron chi connectivity index (χ0n) is 16.6. The van der Waals surface area contributed by atoms with Gasteiger partial charge in [0.2, 0.25) is 0 Å². The maximum atomic E-state index is 13.4. The van der Waals surface area contributed by atoms with Crippen LogP contribution in [0.3, 0.4) is 0 Å². The number of methoxy groups -OCH3 is 1. The zero-order chi connectivity index (χ0) is 19.4. The first-order valence-corrected chi connectivity index (χ1v) is 9.75. The number of pyridine rings is 1. The molecule has 1 fully saturated rings. The lowest BCUT2D eigenvalue weighted by Crippen LogP contribution is -2.39. The number of aromatic nitrogens is 1. The first kappa shape index (κ1) is 19.6. The Balaban J connectivity index is 2.13. The minimum atomic E-state index is -0.229. The Kier molecular flexibility index (Phi) is 6.34. The molecule has 5 heteroatoms. The van der Waals surface area contributed by atoms with Crippen LogP contribution in [0.5, 0.6) is 5.75 Å². The summed E-state index contributed by atoms with van der Waals surface area (Å²) in [6.45, 7) is 6.72. The normalized spacial score (nSPS) is 16.4. The summed E-state index contributed by atoms with van der Waals surface area (Å²) in [6.07, 6.45) is 3.45. The molecule has 0 spiro atoms. The third kappa shape index (κ3) is 4.25. The van der Waals surface area contributed by atoms with Crippen LogP contribution in [0.15, 0.2) is 35.1 Å². The minimum Gasteiger partial charge on any atom is -0.507 e. The standard InChI is InChI=1S/C22H30N2O3/c1-16-7-9-18(10-8-16)21(23-11-5-4-6-12-23)20-19(25)15-17(2)24(22(20)26)13-14-27-3/h7-10,15,21,25H,4-6,11-14H2,1-3H3/t21-/m1/s1. The van der Waals surface area contributed by atoms with Gasteiger partial charge in [-0.3, -0.25) is 9.69 Å². The highest BCUT2D eigenvalue weighted by atomic mass is 16.5. The number of piperidine rings is 1. The van der Waals surface area contributed by atoms with Crippen LogP contribution in [0.4, 0.5) is 0 Å². The highest BCUT2D eigenvalue weighted by Crippen LogP contribution is 2.34. The summed E-state index contributed by atoms with van der Waals surface area (Å²) in [4.78, 5) is 15.7. The summed E-state index contributed by atoms with van der Waals surface area (Å²) < 4.78 is 6.88. The van der Waals surface area contributed by atoms with Gasteiger partial charge in [-0.05, 0) is 51.4 Å². The zero-order valence-corrected chi connectivity index (χ0v) is 16.6. The summed E-state index contributed by atoms with van der Waals surface area (Å²) in [7, 11) is 1.63. The average Bonchev–Trinajstić information content (AvgIpc) is 2.66. The predicted molar refractivity (Wildman–Crippen MR) is 107 cm³/mol. The van der Waals surface area contributed by atoms with Gasteiger partial charge >= 0.3 is 0 Å². The maximum Gasteiger partial charge on any atom is 0.259 e. The molecule has 0 amide bonds. The fourth-order valence-corrected chi connectivity index (χ4v) is 3.97. The van der Waals surface area contributed by atoms with Crippen LogP contribution in [-0.4, -0.2) is 41.4 Å². The molecule has 1 aliphatic rings. The second kappa shape index (κ2) is 8.72. The third-order valence-electron chi connectivity index (χ3n) is 5.46. The highest BCUT2D eigenvalue weighted by molar-refractivity contribution is 5.41. The molecule has 0 saturated carbocycles. The number of ether oxygens (including phenoxy) is 1. The van der Waals surface area contributed by atoms with Crippen molar-refractivity contribution in [2.24, 2.45) is 0 Å². The lowest BCUT2D eigenvalue weighted by atomic mass is 9.94. The molecular formula is C22H30N2O3. The van der Waals surface area contributed by atoms with Crippen molar-refractivity contribution in [1.82, 2.24) is 9.47 Å². The quantitative estimate of drug-likeness (QED) is 0.847. The number of nitrogens with zero attached hydrogens (tertiary/aromatic N) is 2. The SMILES string of the molecule is COCCn1c(C)cc(O)c([C@@H](c2ccc(C)cc2)N2CCCCC2)c1=O. The molecule has 1 aliphatic heterocycles. The van der Waals surface area contributed by atoms with Crippen LogP contribution in [0.1, 0.15) is 47.7 Å². The molecule has 1 atom stereocenters. The van der Waals surface area contributed by atoms with Gasteiger partial charge in [0.25, 0.3) is 5.56 Å². The number of rotatable bonds is 6. The van der Waals surface area contributed by atoms with Crippen molar-refractivity contribution in [3.05, 3.63) is 63.1 Å². The van der Waals surface area contributed by atoms with Crippen LogP contribution in [-0.2, 0) is 11.3 Å². The van der Waals surface area contributed by atoms with Gasteiger partial charge in [0.15, 0.2) is 0 Å². The summed E-state index contributed by atoms with van der Waals surface area (Å²) in [5.41, 5.74) is 3.33. The van der Waals surface area contributed by atoms with Crippen molar-refractivity contribution in [2.45, 2.75) is 45.7 Å². The summed E-state index contributed by atoms with van der Waals surface area (Å²) in [6, 6.07) is 9.77. The Bertz CT molecular complexity index is 821. The van der Waals surface area contributed by atoms with Crippen molar-refractivity contribution in [3.8, 4) is 5.75 Å². The number of benzene rings is 1. The van der Waals surface area contributed by atoms with Crippen LogP contribution in [0, 0.1) is 13.8 Å². The van der Waals surface area contributed by atoms with Gasteiger partial charge in [-0.15, -0.1) is 0 Å². The molecule has 5 nitrogen and oxygen atoms in total. The van der Waals surface area contributed by atoms with Crippen molar-refractivity contribution in [2.75, 3.05) is 26.8 Å². The molecule has 2 aromatic rings. The van der Waals surface area contributed by atoms with Crippen molar-refractivity contribution in [3.63, 3.8) is 0 Å². The van der Waals surface area contributed by atoms with Gasteiger partial charge in [-0.2, -0.15) is 0 Å². The number of hydrogen-bond acceptors (Lipinski definition) is 4. The molecule has 1 aromatic heterocycles. The van der Waals surface area contributed by atoms with E-state index in [1.54, 1.807) is 17.7 Å². The molecule has 1 saturated heterocycles. The Labute approximate surface area is 161 Å². The van der Waals surface area contributed by atoms with E-state index in [0.29, 0.717) is 18.7 Å². The molecule has 0 bridgehead atoms. The minimum absolute atomic E-state index is 0.0855. The highest BCUT2D eigenvalue weighted by Gasteiger charge is 2.29. The first-order valence-electron chi connectivity index (χ1n) is 9.75. The molecule has 0 radical (unpaired) electrons. The van der Waals surface area contributed by atoms with Crippen LogP contribution < -0.4 is 5.56 Å². The molecule has 146 valence electrons. The predicted octanol–water partition coefficient (Wildman–Crippen LogP) is 3.39. The number of hydrogen-bond donors (Lipinski definition) is 1. The van der Waals surface area contributed by atoms with Gasteiger partial charge < -0.3 is 14.4 Å². The monoisotopic (exact) mass is 370 g/mol. The van der Waals surface area contributed by atoms with Crippen LogP contribution >= 0.6 is 0 Å². The smallest absolute Gasteiger partial charge is 0.259 e. The maximum absolute atomic E-state index is 13.4. The van der Waals surface area contributed by atoms with Crippen LogP contribution in [0.2, 0.25) is 0 Å². The molecular weight excluding hydrogens is 340 g/mol. The summed E-state index contributed by atoms with van der Waals surface area (Å²) >= 11 is 0. The first-order chi connectivity index (χ1) is 13.0. The lowest BCUT2D eigenvalue weighted by molar-refractivity contribution is 0.178. The Morgan fingerprint density at radius 2 is 1.78 bits per heavy atom. The Hall–Kier alpha value is -2.11. The van der Waals surface area contributed by atoms with Gasteiger partial charge in [-0.1, -0.05) is 36.2 Å². The molecule has 0 unspecified atom stereocenters. The summed E-state index contributed by atoms with van der Waals surface area (Å²) in [5, 5.41) is 10.8. The second-order valence-electron chi connectivity index (χ2n) is 7.44. The molecule has 1 N–H and O–H groups in total. The fraction of sp³-hybridized carbons (Fsp3) is 0.500. The fourth-order valence-electron chi connectivity index (χ4n) is 3.97. The second-order valence-corrected chi connectivity index (χ2v) is 7.44. The average molecular weight is 370 g/mol. The largest absolute Gasteiger partial charge is 0.507 e.